The van der Waals surface area contributed by atoms with E-state index in [2.05, 4.69) is 39.0 Å². The molecule has 0 aromatic heterocycles. The van der Waals surface area contributed by atoms with E-state index in [1.807, 2.05) is 0 Å². The molecule has 0 aliphatic heterocycles. The maximum atomic E-state index is 9.30. The number of fused-ring (bicyclic) bond motifs is 1. The summed E-state index contributed by atoms with van der Waals surface area (Å²) in [6.07, 6.45) is 4.41. The summed E-state index contributed by atoms with van der Waals surface area (Å²) in [5, 5.41) is 18.6. The molecule has 0 radical (unpaired) electrons. The molecule has 0 aromatic carbocycles. The average molecular weight is 200 g/mol. The summed E-state index contributed by atoms with van der Waals surface area (Å²) in [4.78, 5) is 0. The Hall–Kier alpha value is -1.28. The van der Waals surface area contributed by atoms with Crippen molar-refractivity contribution in [3.63, 3.8) is 0 Å². The van der Waals surface area contributed by atoms with Gasteiger partial charge in [-0.3, -0.25) is 0 Å². The second-order valence-corrected chi connectivity index (χ2v) is 5.44. The molecule has 0 spiro atoms. The highest BCUT2D eigenvalue weighted by molar-refractivity contribution is 5.36. The summed E-state index contributed by atoms with van der Waals surface area (Å²) in [6.45, 7) is 6.23. The fourth-order valence-corrected chi connectivity index (χ4v) is 3.39. The summed E-state index contributed by atoms with van der Waals surface area (Å²) < 4.78 is 0. The first kappa shape index (κ1) is 10.2. The Morgan fingerprint density at radius 3 is 2.47 bits per heavy atom. The van der Waals surface area contributed by atoms with Crippen LogP contribution in [0.4, 0.5) is 0 Å². The lowest BCUT2D eigenvalue weighted by Gasteiger charge is -2.61. The Morgan fingerprint density at radius 2 is 1.93 bits per heavy atom. The third kappa shape index (κ3) is 0.975. The normalized spacial score (nSPS) is 35.1. The van der Waals surface area contributed by atoms with Crippen molar-refractivity contribution in [3.05, 3.63) is 11.6 Å². The summed E-state index contributed by atoms with van der Waals surface area (Å²) in [5.41, 5.74) is 0.388. The third-order valence-corrected chi connectivity index (χ3v) is 4.54. The zero-order valence-electron chi connectivity index (χ0n) is 9.54. The Kier molecular flexibility index (Phi) is 1.95. The van der Waals surface area contributed by atoms with E-state index in [4.69, 9.17) is 0 Å². The second-order valence-electron chi connectivity index (χ2n) is 5.44. The van der Waals surface area contributed by atoms with Crippen molar-refractivity contribution >= 4 is 0 Å². The van der Waals surface area contributed by atoms with Gasteiger partial charge in [0, 0.05) is 11.3 Å². The first-order chi connectivity index (χ1) is 6.99. The lowest BCUT2D eigenvalue weighted by Crippen LogP contribution is -2.61. The Bertz CT molecular complexity index is 389. The largest absolute Gasteiger partial charge is 0.197 e. The first-order valence-corrected chi connectivity index (χ1v) is 5.49. The molecule has 2 heteroatoms. The van der Waals surface area contributed by atoms with Crippen molar-refractivity contribution < 1.29 is 0 Å². The molecule has 0 heterocycles. The van der Waals surface area contributed by atoms with E-state index in [0.717, 1.165) is 12.8 Å². The SMILES string of the molecule is CC1=C[C@@H]2[C@H](CC1)C(C)(C)C2(C#N)C#N. The predicted molar refractivity (Wildman–Crippen MR) is 57.4 cm³/mol. The number of nitrogens with zero attached hydrogens (tertiary/aromatic N) is 2. The maximum absolute atomic E-state index is 9.30. The fraction of sp³-hybridized carbons (Fsp3) is 0.692. The summed E-state index contributed by atoms with van der Waals surface area (Å²) >= 11 is 0. The number of rotatable bonds is 0. The van der Waals surface area contributed by atoms with Crippen LogP contribution in [0, 0.1) is 45.3 Å². The maximum Gasteiger partial charge on any atom is 0.155 e. The zero-order valence-corrected chi connectivity index (χ0v) is 9.54. The molecule has 0 saturated heterocycles. The lowest BCUT2D eigenvalue weighted by molar-refractivity contribution is -0.0976. The zero-order chi connectivity index (χ0) is 11.3. The van der Waals surface area contributed by atoms with Crippen LogP contribution in [0.3, 0.4) is 0 Å². The quantitative estimate of drug-likeness (QED) is 0.564. The first-order valence-electron chi connectivity index (χ1n) is 5.49. The highest BCUT2D eigenvalue weighted by atomic mass is 14.7. The van der Waals surface area contributed by atoms with Gasteiger partial charge < -0.3 is 0 Å². The number of hydrogen-bond acceptors (Lipinski definition) is 2. The Labute approximate surface area is 91.2 Å². The van der Waals surface area contributed by atoms with Crippen LogP contribution in [0.5, 0.6) is 0 Å². The van der Waals surface area contributed by atoms with E-state index in [9.17, 15) is 10.5 Å². The van der Waals surface area contributed by atoms with Gasteiger partial charge in [-0.05, 0) is 25.7 Å². The van der Waals surface area contributed by atoms with Gasteiger partial charge in [-0.2, -0.15) is 10.5 Å². The molecule has 0 amide bonds. The summed E-state index contributed by atoms with van der Waals surface area (Å²) in [5.74, 6) is 0.678. The highest BCUT2D eigenvalue weighted by Gasteiger charge is 2.67. The molecular weight excluding hydrogens is 184 g/mol. The van der Waals surface area contributed by atoms with Crippen LogP contribution in [0.2, 0.25) is 0 Å². The van der Waals surface area contributed by atoms with Gasteiger partial charge in [0.1, 0.15) is 0 Å². The minimum atomic E-state index is -0.792. The molecule has 1 fully saturated rings. The van der Waals surface area contributed by atoms with E-state index in [0.29, 0.717) is 5.92 Å². The molecule has 0 N–H and O–H groups in total. The molecular formula is C13H16N2. The Morgan fingerprint density at radius 1 is 1.33 bits per heavy atom. The van der Waals surface area contributed by atoms with Gasteiger partial charge in [-0.15, -0.1) is 0 Å². The van der Waals surface area contributed by atoms with Crippen LogP contribution in [-0.2, 0) is 0 Å². The van der Waals surface area contributed by atoms with Crippen LogP contribution in [0.25, 0.3) is 0 Å². The number of nitriles is 2. The van der Waals surface area contributed by atoms with Gasteiger partial charge in [0.2, 0.25) is 0 Å². The molecule has 0 bridgehead atoms. The third-order valence-electron chi connectivity index (χ3n) is 4.54. The van der Waals surface area contributed by atoms with E-state index in [-0.39, 0.29) is 11.3 Å². The van der Waals surface area contributed by atoms with E-state index < -0.39 is 5.41 Å². The van der Waals surface area contributed by atoms with Crippen molar-refractivity contribution in [2.75, 3.05) is 0 Å². The molecule has 2 rings (SSSR count). The van der Waals surface area contributed by atoms with E-state index >= 15 is 0 Å². The van der Waals surface area contributed by atoms with Gasteiger partial charge in [0.15, 0.2) is 5.41 Å². The van der Waals surface area contributed by atoms with Gasteiger partial charge in [-0.25, -0.2) is 0 Å². The average Bonchev–Trinajstić information content (AvgIpc) is 2.19. The molecule has 78 valence electrons. The van der Waals surface area contributed by atoms with E-state index in [1.165, 1.54) is 5.57 Å². The fourth-order valence-electron chi connectivity index (χ4n) is 3.39. The van der Waals surface area contributed by atoms with Crippen LogP contribution >= 0.6 is 0 Å². The van der Waals surface area contributed by atoms with Crippen molar-refractivity contribution in [2.24, 2.45) is 22.7 Å². The van der Waals surface area contributed by atoms with Gasteiger partial charge in [0.05, 0.1) is 12.1 Å². The number of hydrogen-bond donors (Lipinski definition) is 0. The molecule has 15 heavy (non-hydrogen) atoms. The van der Waals surface area contributed by atoms with Crippen LogP contribution in [-0.4, -0.2) is 0 Å². The van der Waals surface area contributed by atoms with Crippen LogP contribution in [0.15, 0.2) is 11.6 Å². The molecule has 2 aliphatic rings. The molecule has 2 aliphatic carbocycles. The van der Waals surface area contributed by atoms with Crippen LogP contribution in [0.1, 0.15) is 33.6 Å². The van der Waals surface area contributed by atoms with Crippen molar-refractivity contribution in [1.29, 1.82) is 10.5 Å². The highest BCUT2D eigenvalue weighted by Crippen LogP contribution is 2.67. The topological polar surface area (TPSA) is 47.6 Å². The van der Waals surface area contributed by atoms with Gasteiger partial charge in [-0.1, -0.05) is 25.5 Å². The molecule has 2 nitrogen and oxygen atoms in total. The molecule has 1 saturated carbocycles. The van der Waals surface area contributed by atoms with E-state index in [1.54, 1.807) is 0 Å². The van der Waals surface area contributed by atoms with Crippen LogP contribution < -0.4 is 0 Å². The predicted octanol–water partition coefficient (Wildman–Crippen LogP) is 3.03. The summed E-state index contributed by atoms with van der Waals surface area (Å²) in [7, 11) is 0. The number of allylic oxidation sites excluding steroid dienone is 2. The van der Waals surface area contributed by atoms with Gasteiger partial charge >= 0.3 is 0 Å². The van der Waals surface area contributed by atoms with Crippen molar-refractivity contribution in [1.82, 2.24) is 0 Å². The molecule has 2 atom stereocenters. The smallest absolute Gasteiger partial charge is 0.155 e. The second kappa shape index (κ2) is 2.86. The molecule has 0 aromatic rings. The monoisotopic (exact) mass is 200 g/mol. The van der Waals surface area contributed by atoms with Gasteiger partial charge in [0.25, 0.3) is 0 Å². The van der Waals surface area contributed by atoms with Crippen molar-refractivity contribution in [2.45, 2.75) is 33.6 Å². The summed E-state index contributed by atoms with van der Waals surface area (Å²) in [6, 6.07) is 4.54. The standard InChI is InChI=1S/C13H16N2/c1-9-4-5-10-11(6-9)13(7-14,8-15)12(10,2)3/h6,10-11H,4-5H2,1-3H3/t10-,11+/m0/s1. The Balaban J connectivity index is 2.47. The molecule has 0 unspecified atom stereocenters. The lowest BCUT2D eigenvalue weighted by atomic mass is 9.38. The van der Waals surface area contributed by atoms with Crippen molar-refractivity contribution in [3.8, 4) is 12.1 Å². The minimum Gasteiger partial charge on any atom is -0.197 e. The minimum absolute atomic E-state index is 0.154.